The SMILES string of the molecule is CCCC(C)(N)C(=O)Nc1ccc(CC(=O)N2CCSCC2)cc1.Cl. The first-order valence-electron chi connectivity index (χ1n) is 8.47. The van der Waals surface area contributed by atoms with Crippen molar-refractivity contribution in [3.8, 4) is 0 Å². The number of carbonyl (C=O) groups excluding carboxylic acids is 2. The van der Waals surface area contributed by atoms with Crippen LogP contribution in [0.5, 0.6) is 0 Å². The van der Waals surface area contributed by atoms with Crippen LogP contribution in [-0.4, -0.2) is 46.8 Å². The first-order valence-corrected chi connectivity index (χ1v) is 9.62. The number of nitrogens with two attached hydrogens (primary N) is 1. The number of anilines is 1. The maximum absolute atomic E-state index is 12.3. The molecule has 1 atom stereocenters. The molecule has 0 radical (unpaired) electrons. The molecule has 7 heteroatoms. The molecule has 2 rings (SSSR count). The van der Waals surface area contributed by atoms with Crippen LogP contribution < -0.4 is 11.1 Å². The smallest absolute Gasteiger partial charge is 0.244 e. The predicted octanol–water partition coefficient (Wildman–Crippen LogP) is 2.68. The Morgan fingerprint density at radius 2 is 1.84 bits per heavy atom. The first kappa shape index (κ1) is 21.8. The number of nitrogens with one attached hydrogen (secondary N) is 1. The van der Waals surface area contributed by atoms with Gasteiger partial charge in [-0.25, -0.2) is 0 Å². The molecule has 1 aliphatic rings. The van der Waals surface area contributed by atoms with Crippen molar-refractivity contribution in [1.29, 1.82) is 0 Å². The Labute approximate surface area is 160 Å². The van der Waals surface area contributed by atoms with Crippen molar-refractivity contribution in [2.45, 2.75) is 38.6 Å². The molecule has 3 N–H and O–H groups in total. The van der Waals surface area contributed by atoms with Crippen molar-refractivity contribution >= 4 is 41.7 Å². The van der Waals surface area contributed by atoms with Crippen LogP contribution in [0.1, 0.15) is 32.3 Å². The molecule has 0 spiro atoms. The number of rotatable bonds is 6. The molecule has 1 aromatic rings. The van der Waals surface area contributed by atoms with Crippen molar-refractivity contribution in [2.24, 2.45) is 5.73 Å². The van der Waals surface area contributed by atoms with E-state index in [4.69, 9.17) is 5.73 Å². The van der Waals surface area contributed by atoms with Crippen LogP contribution >= 0.6 is 24.2 Å². The Bertz CT molecular complexity index is 572. The van der Waals surface area contributed by atoms with Gasteiger partial charge >= 0.3 is 0 Å². The van der Waals surface area contributed by atoms with E-state index < -0.39 is 5.54 Å². The molecular weight excluding hydrogens is 358 g/mol. The predicted molar refractivity (Wildman–Crippen MR) is 107 cm³/mol. The average molecular weight is 386 g/mol. The highest BCUT2D eigenvalue weighted by atomic mass is 35.5. The second-order valence-electron chi connectivity index (χ2n) is 6.49. The Morgan fingerprint density at radius 3 is 2.40 bits per heavy atom. The van der Waals surface area contributed by atoms with Crippen LogP contribution in [0, 0.1) is 0 Å². The van der Waals surface area contributed by atoms with E-state index in [1.54, 1.807) is 6.92 Å². The molecule has 0 bridgehead atoms. The van der Waals surface area contributed by atoms with Crippen molar-refractivity contribution in [3.05, 3.63) is 29.8 Å². The van der Waals surface area contributed by atoms with Crippen molar-refractivity contribution in [3.63, 3.8) is 0 Å². The summed E-state index contributed by atoms with van der Waals surface area (Å²) in [5, 5.41) is 2.85. The molecule has 2 amide bonds. The highest BCUT2D eigenvalue weighted by Crippen LogP contribution is 2.16. The van der Waals surface area contributed by atoms with Crippen LogP contribution in [0.3, 0.4) is 0 Å². The van der Waals surface area contributed by atoms with Gasteiger partial charge in [-0.3, -0.25) is 9.59 Å². The Balaban J connectivity index is 0.00000312. The summed E-state index contributed by atoms with van der Waals surface area (Å²) in [6.45, 7) is 5.43. The number of benzene rings is 1. The van der Waals surface area contributed by atoms with Crippen LogP contribution in [0.2, 0.25) is 0 Å². The first-order chi connectivity index (χ1) is 11.4. The van der Waals surface area contributed by atoms with E-state index in [9.17, 15) is 9.59 Å². The summed E-state index contributed by atoms with van der Waals surface area (Å²) in [5.41, 5.74) is 6.83. The standard InChI is InChI=1S/C18H27N3O2S.ClH/c1-3-8-18(2,19)17(23)20-15-6-4-14(5-7-15)13-16(22)21-9-11-24-12-10-21;/h4-7H,3,8-13,19H2,1-2H3,(H,20,23);1H. The number of hydrogen-bond donors (Lipinski definition) is 2. The van der Waals surface area contributed by atoms with E-state index >= 15 is 0 Å². The zero-order valence-corrected chi connectivity index (χ0v) is 16.5. The molecular formula is C18H28ClN3O2S. The Kier molecular flexibility index (Phi) is 8.76. The van der Waals surface area contributed by atoms with Crippen LogP contribution in [-0.2, 0) is 16.0 Å². The quantitative estimate of drug-likeness (QED) is 0.789. The third kappa shape index (κ3) is 6.53. The fourth-order valence-corrected chi connectivity index (χ4v) is 3.61. The summed E-state index contributed by atoms with van der Waals surface area (Å²) in [6, 6.07) is 7.43. The van der Waals surface area contributed by atoms with Gasteiger partial charge in [-0.1, -0.05) is 25.5 Å². The minimum absolute atomic E-state index is 0. The highest BCUT2D eigenvalue weighted by molar-refractivity contribution is 7.99. The fourth-order valence-electron chi connectivity index (χ4n) is 2.71. The monoisotopic (exact) mass is 385 g/mol. The maximum atomic E-state index is 12.3. The zero-order chi connectivity index (χ0) is 17.6. The maximum Gasteiger partial charge on any atom is 0.244 e. The molecule has 1 fully saturated rings. The molecule has 1 aromatic carbocycles. The molecule has 25 heavy (non-hydrogen) atoms. The van der Waals surface area contributed by atoms with Gasteiger partial charge in [-0.05, 0) is 31.0 Å². The van der Waals surface area contributed by atoms with Gasteiger partial charge in [0.2, 0.25) is 11.8 Å². The number of nitrogens with zero attached hydrogens (tertiary/aromatic N) is 1. The lowest BCUT2D eigenvalue weighted by molar-refractivity contribution is -0.130. The molecule has 5 nitrogen and oxygen atoms in total. The lowest BCUT2D eigenvalue weighted by Crippen LogP contribution is -2.48. The van der Waals surface area contributed by atoms with Gasteiger partial charge in [-0.2, -0.15) is 11.8 Å². The summed E-state index contributed by atoms with van der Waals surface area (Å²) < 4.78 is 0. The average Bonchev–Trinajstić information content (AvgIpc) is 2.57. The van der Waals surface area contributed by atoms with E-state index in [-0.39, 0.29) is 24.2 Å². The second-order valence-corrected chi connectivity index (χ2v) is 7.71. The van der Waals surface area contributed by atoms with Crippen molar-refractivity contribution in [2.75, 3.05) is 29.9 Å². The number of amides is 2. The number of halogens is 1. The summed E-state index contributed by atoms with van der Waals surface area (Å²) in [6.07, 6.45) is 1.90. The second kappa shape index (κ2) is 10.0. The molecule has 1 unspecified atom stereocenters. The number of hydrogen-bond acceptors (Lipinski definition) is 4. The van der Waals surface area contributed by atoms with Crippen LogP contribution in [0.15, 0.2) is 24.3 Å². The lowest BCUT2D eigenvalue weighted by atomic mass is 9.96. The number of carbonyl (C=O) groups is 2. The van der Waals surface area contributed by atoms with Crippen LogP contribution in [0.25, 0.3) is 0 Å². The minimum atomic E-state index is -0.865. The number of thioether (sulfide) groups is 1. The van der Waals surface area contributed by atoms with E-state index in [1.165, 1.54) is 0 Å². The van der Waals surface area contributed by atoms with Gasteiger partial charge in [0.05, 0.1) is 12.0 Å². The van der Waals surface area contributed by atoms with E-state index in [0.717, 1.165) is 36.6 Å². The van der Waals surface area contributed by atoms with Gasteiger partial charge < -0.3 is 16.0 Å². The largest absolute Gasteiger partial charge is 0.341 e. The fraction of sp³-hybridized carbons (Fsp3) is 0.556. The Hall–Kier alpha value is -1.24. The summed E-state index contributed by atoms with van der Waals surface area (Å²) in [7, 11) is 0. The Morgan fingerprint density at radius 1 is 1.24 bits per heavy atom. The van der Waals surface area contributed by atoms with Gasteiger partial charge in [0, 0.05) is 30.3 Å². The molecule has 1 heterocycles. The highest BCUT2D eigenvalue weighted by Gasteiger charge is 2.27. The van der Waals surface area contributed by atoms with Gasteiger partial charge in [0.1, 0.15) is 0 Å². The molecule has 1 aliphatic heterocycles. The molecule has 140 valence electrons. The van der Waals surface area contributed by atoms with Crippen LogP contribution in [0.4, 0.5) is 5.69 Å². The zero-order valence-electron chi connectivity index (χ0n) is 14.9. The molecule has 0 saturated carbocycles. The molecule has 0 aromatic heterocycles. The minimum Gasteiger partial charge on any atom is -0.341 e. The van der Waals surface area contributed by atoms with E-state index in [1.807, 2.05) is 47.9 Å². The van der Waals surface area contributed by atoms with Gasteiger partial charge in [-0.15, -0.1) is 12.4 Å². The van der Waals surface area contributed by atoms with E-state index in [0.29, 0.717) is 18.5 Å². The lowest BCUT2D eigenvalue weighted by Gasteiger charge is -2.26. The topological polar surface area (TPSA) is 75.4 Å². The van der Waals surface area contributed by atoms with Crippen molar-refractivity contribution in [1.82, 2.24) is 4.90 Å². The van der Waals surface area contributed by atoms with Gasteiger partial charge in [0.25, 0.3) is 0 Å². The summed E-state index contributed by atoms with van der Waals surface area (Å²) >= 11 is 1.89. The molecule has 0 aliphatic carbocycles. The van der Waals surface area contributed by atoms with Gasteiger partial charge in [0.15, 0.2) is 0 Å². The summed E-state index contributed by atoms with van der Waals surface area (Å²) in [5.74, 6) is 2.03. The third-order valence-corrected chi connectivity index (χ3v) is 5.16. The summed E-state index contributed by atoms with van der Waals surface area (Å²) in [4.78, 5) is 26.4. The third-order valence-electron chi connectivity index (χ3n) is 4.22. The molecule has 1 saturated heterocycles. The normalized spacial score (nSPS) is 16.5. The van der Waals surface area contributed by atoms with E-state index in [2.05, 4.69) is 5.32 Å². The van der Waals surface area contributed by atoms with Crippen molar-refractivity contribution < 1.29 is 9.59 Å².